The molecule has 0 saturated heterocycles. The number of anilines is 3. The van der Waals surface area contributed by atoms with Crippen LogP contribution < -0.4 is 11.1 Å². The molecular formula is C13H8BrF3N2O2. The van der Waals surface area contributed by atoms with E-state index < -0.39 is 34.7 Å². The van der Waals surface area contributed by atoms with Crippen LogP contribution in [0.3, 0.4) is 0 Å². The molecule has 21 heavy (non-hydrogen) atoms. The van der Waals surface area contributed by atoms with Crippen LogP contribution in [0.15, 0.2) is 28.7 Å². The summed E-state index contributed by atoms with van der Waals surface area (Å²) in [6.07, 6.45) is 0. The molecule has 110 valence electrons. The van der Waals surface area contributed by atoms with Crippen molar-refractivity contribution in [2.24, 2.45) is 0 Å². The lowest BCUT2D eigenvalue weighted by atomic mass is 10.1. The third-order valence-electron chi connectivity index (χ3n) is 2.64. The van der Waals surface area contributed by atoms with E-state index in [1.165, 1.54) is 0 Å². The van der Waals surface area contributed by atoms with Crippen LogP contribution in [0.5, 0.6) is 0 Å². The molecule has 4 nitrogen and oxygen atoms in total. The molecular weight excluding hydrogens is 353 g/mol. The van der Waals surface area contributed by atoms with Gasteiger partial charge in [-0.2, -0.15) is 0 Å². The Morgan fingerprint density at radius 2 is 1.67 bits per heavy atom. The molecule has 8 heteroatoms. The van der Waals surface area contributed by atoms with E-state index in [1.54, 1.807) is 0 Å². The van der Waals surface area contributed by atoms with E-state index in [4.69, 9.17) is 10.8 Å². The molecule has 2 aromatic carbocycles. The largest absolute Gasteiger partial charge is 0.478 e. The van der Waals surface area contributed by atoms with E-state index in [2.05, 4.69) is 21.2 Å². The molecule has 0 aromatic heterocycles. The van der Waals surface area contributed by atoms with E-state index in [0.29, 0.717) is 0 Å². The molecule has 0 aliphatic carbocycles. The smallest absolute Gasteiger partial charge is 0.338 e. The molecule has 0 heterocycles. The number of hydrogen-bond acceptors (Lipinski definition) is 3. The third kappa shape index (κ3) is 3.10. The minimum atomic E-state index is -1.49. The lowest BCUT2D eigenvalue weighted by Crippen LogP contribution is -2.06. The number of nitrogen functional groups attached to an aromatic ring is 1. The van der Waals surface area contributed by atoms with Crippen LogP contribution >= 0.6 is 15.9 Å². The van der Waals surface area contributed by atoms with Crippen molar-refractivity contribution in [3.8, 4) is 0 Å². The van der Waals surface area contributed by atoms with E-state index in [-0.39, 0.29) is 15.8 Å². The van der Waals surface area contributed by atoms with Gasteiger partial charge in [-0.1, -0.05) is 15.9 Å². The molecule has 2 aromatic rings. The van der Waals surface area contributed by atoms with Crippen molar-refractivity contribution in [3.63, 3.8) is 0 Å². The topological polar surface area (TPSA) is 75.4 Å². The number of rotatable bonds is 3. The third-order valence-corrected chi connectivity index (χ3v) is 3.09. The highest BCUT2D eigenvalue weighted by Gasteiger charge is 2.16. The van der Waals surface area contributed by atoms with Gasteiger partial charge in [-0.3, -0.25) is 0 Å². The van der Waals surface area contributed by atoms with Crippen LogP contribution in [-0.2, 0) is 0 Å². The lowest BCUT2D eigenvalue weighted by molar-refractivity contribution is 0.0692. The number of nitrogens with one attached hydrogen (secondary N) is 1. The molecule has 0 fully saturated rings. The predicted octanol–water partition coefficient (Wildman–Crippen LogP) is 3.89. The minimum absolute atomic E-state index is 0.141. The van der Waals surface area contributed by atoms with Gasteiger partial charge in [0.15, 0.2) is 11.6 Å². The van der Waals surface area contributed by atoms with Gasteiger partial charge in [0.05, 0.1) is 16.9 Å². The van der Waals surface area contributed by atoms with Crippen LogP contribution in [0.1, 0.15) is 10.4 Å². The van der Waals surface area contributed by atoms with E-state index in [1.807, 2.05) is 0 Å². The standard InChI is InChI=1S/C13H8BrF3N2O2/c14-5-1-8(16)12(9(17)2-5)19-11-4-7(15)6(13(20)21)3-10(11)18/h1-4,19H,18H2,(H,20,21). The van der Waals surface area contributed by atoms with Crippen LogP contribution in [0.4, 0.5) is 30.2 Å². The second-order valence-electron chi connectivity index (χ2n) is 4.09. The van der Waals surface area contributed by atoms with Gasteiger partial charge in [-0.25, -0.2) is 18.0 Å². The fourth-order valence-corrected chi connectivity index (χ4v) is 2.06. The molecule has 0 aliphatic rings. The van der Waals surface area contributed by atoms with Gasteiger partial charge in [-0.05, 0) is 18.2 Å². The summed E-state index contributed by atoms with van der Waals surface area (Å²) in [5.41, 5.74) is 4.11. The zero-order valence-electron chi connectivity index (χ0n) is 10.3. The Balaban J connectivity index is 2.46. The average molecular weight is 361 g/mol. The quantitative estimate of drug-likeness (QED) is 0.725. The molecule has 0 amide bonds. The summed E-state index contributed by atoms with van der Waals surface area (Å²) in [7, 11) is 0. The van der Waals surface area contributed by atoms with Crippen molar-refractivity contribution >= 4 is 39.0 Å². The molecule has 0 radical (unpaired) electrons. The first kappa shape index (κ1) is 15.2. The Morgan fingerprint density at radius 1 is 1.10 bits per heavy atom. The van der Waals surface area contributed by atoms with E-state index >= 15 is 0 Å². The summed E-state index contributed by atoms with van der Waals surface area (Å²) in [5, 5.41) is 11.1. The Hall–Kier alpha value is -2.22. The zero-order valence-corrected chi connectivity index (χ0v) is 11.8. The molecule has 2 rings (SSSR count). The second-order valence-corrected chi connectivity index (χ2v) is 5.01. The molecule has 0 spiro atoms. The van der Waals surface area contributed by atoms with Crippen molar-refractivity contribution < 1.29 is 23.1 Å². The van der Waals surface area contributed by atoms with Crippen molar-refractivity contribution in [1.29, 1.82) is 0 Å². The van der Waals surface area contributed by atoms with Gasteiger partial charge in [0.25, 0.3) is 0 Å². The second kappa shape index (κ2) is 5.65. The maximum Gasteiger partial charge on any atom is 0.338 e. The average Bonchev–Trinajstić information content (AvgIpc) is 2.36. The normalized spacial score (nSPS) is 10.5. The Bertz CT molecular complexity index is 715. The molecule has 4 N–H and O–H groups in total. The zero-order chi connectivity index (χ0) is 15.7. The Morgan fingerprint density at radius 3 is 2.19 bits per heavy atom. The van der Waals surface area contributed by atoms with Crippen molar-refractivity contribution in [1.82, 2.24) is 0 Å². The van der Waals surface area contributed by atoms with Crippen LogP contribution in [0.25, 0.3) is 0 Å². The van der Waals surface area contributed by atoms with Gasteiger partial charge in [0, 0.05) is 10.5 Å². The fourth-order valence-electron chi connectivity index (χ4n) is 1.66. The van der Waals surface area contributed by atoms with Crippen LogP contribution in [0.2, 0.25) is 0 Å². The first-order valence-corrected chi connectivity index (χ1v) is 6.32. The molecule has 0 atom stereocenters. The number of benzene rings is 2. The van der Waals surface area contributed by atoms with E-state index in [9.17, 15) is 18.0 Å². The van der Waals surface area contributed by atoms with Crippen LogP contribution in [0, 0.1) is 17.5 Å². The first-order chi connectivity index (χ1) is 9.79. The molecule has 0 aliphatic heterocycles. The summed E-state index contributed by atoms with van der Waals surface area (Å²) < 4.78 is 41.1. The molecule has 0 unspecified atom stereocenters. The number of hydrogen-bond donors (Lipinski definition) is 3. The van der Waals surface area contributed by atoms with Crippen molar-refractivity contribution in [2.45, 2.75) is 0 Å². The summed E-state index contributed by atoms with van der Waals surface area (Å²) in [5.74, 6) is -4.39. The summed E-state index contributed by atoms with van der Waals surface area (Å²) >= 11 is 2.93. The maximum atomic E-state index is 13.7. The molecule has 0 saturated carbocycles. The highest BCUT2D eigenvalue weighted by atomic mass is 79.9. The maximum absolute atomic E-state index is 13.7. The summed E-state index contributed by atoms with van der Waals surface area (Å²) in [6, 6.07) is 3.67. The number of aromatic carboxylic acids is 1. The van der Waals surface area contributed by atoms with Gasteiger partial charge < -0.3 is 16.2 Å². The van der Waals surface area contributed by atoms with Gasteiger partial charge in [0.2, 0.25) is 0 Å². The van der Waals surface area contributed by atoms with Gasteiger partial charge in [-0.15, -0.1) is 0 Å². The van der Waals surface area contributed by atoms with Crippen molar-refractivity contribution in [3.05, 3.63) is 51.8 Å². The number of nitrogens with two attached hydrogens (primary N) is 1. The first-order valence-electron chi connectivity index (χ1n) is 5.53. The Kier molecular flexibility index (Phi) is 4.08. The van der Waals surface area contributed by atoms with Crippen LogP contribution in [-0.4, -0.2) is 11.1 Å². The van der Waals surface area contributed by atoms with E-state index in [0.717, 1.165) is 24.3 Å². The SMILES string of the molecule is Nc1cc(C(=O)O)c(F)cc1Nc1c(F)cc(Br)cc1F. The molecule has 0 bridgehead atoms. The summed E-state index contributed by atoms with van der Waals surface area (Å²) in [4.78, 5) is 10.7. The monoisotopic (exact) mass is 360 g/mol. The number of carbonyl (C=O) groups is 1. The lowest BCUT2D eigenvalue weighted by Gasteiger charge is -2.12. The minimum Gasteiger partial charge on any atom is -0.478 e. The van der Waals surface area contributed by atoms with Crippen molar-refractivity contribution in [2.75, 3.05) is 11.1 Å². The Labute approximate surface area is 125 Å². The number of carboxylic acid groups (broad SMARTS) is 1. The predicted molar refractivity (Wildman–Crippen MR) is 75.1 cm³/mol. The summed E-state index contributed by atoms with van der Waals surface area (Å²) in [6.45, 7) is 0. The van der Waals surface area contributed by atoms with Gasteiger partial charge >= 0.3 is 5.97 Å². The highest BCUT2D eigenvalue weighted by molar-refractivity contribution is 9.10. The highest BCUT2D eigenvalue weighted by Crippen LogP contribution is 2.30. The number of carboxylic acids is 1. The fraction of sp³-hybridized carbons (Fsp3) is 0. The number of halogens is 4. The van der Waals surface area contributed by atoms with Gasteiger partial charge in [0.1, 0.15) is 11.5 Å².